The van der Waals surface area contributed by atoms with Crippen molar-refractivity contribution in [3.8, 4) is 0 Å². The molecule has 0 spiro atoms. The van der Waals surface area contributed by atoms with E-state index in [9.17, 15) is 4.79 Å². The topological polar surface area (TPSA) is 83.3 Å². The maximum absolute atomic E-state index is 11.9. The van der Waals surface area contributed by atoms with Crippen LogP contribution in [0.2, 0.25) is 0 Å². The van der Waals surface area contributed by atoms with E-state index in [-0.39, 0.29) is 18.1 Å². The minimum absolute atomic E-state index is 0.242. The molecule has 0 saturated heterocycles. The Bertz CT molecular complexity index is 808. The second-order valence-corrected chi connectivity index (χ2v) is 5.33. The van der Waals surface area contributed by atoms with Gasteiger partial charge in [-0.2, -0.15) is 4.52 Å². The zero-order valence-corrected chi connectivity index (χ0v) is 11.1. The molecule has 98 valence electrons. The van der Waals surface area contributed by atoms with Gasteiger partial charge in [-0.05, 0) is 24.0 Å². The number of benzene rings is 1. The molecule has 0 amide bonds. The molecule has 0 bridgehead atoms. The smallest absolute Gasteiger partial charge is 0.348 e. The molecule has 1 aromatic carbocycles. The fourth-order valence-corrected chi connectivity index (χ4v) is 2.68. The van der Waals surface area contributed by atoms with E-state index in [1.807, 2.05) is 18.2 Å². The summed E-state index contributed by atoms with van der Waals surface area (Å²) in [7, 11) is 0. The summed E-state index contributed by atoms with van der Waals surface area (Å²) in [6.07, 6.45) is 0. The highest BCUT2D eigenvalue weighted by Crippen LogP contribution is 2.23. The van der Waals surface area contributed by atoms with Crippen LogP contribution in [0.1, 0.15) is 12.7 Å². The number of rotatable bonds is 3. The first kappa shape index (κ1) is 12.2. The van der Waals surface area contributed by atoms with Crippen LogP contribution in [0.25, 0.3) is 16.6 Å². The number of nitrogens with one attached hydrogen (secondary N) is 1. The molecule has 19 heavy (non-hydrogen) atoms. The molecular formula is C12H12N4O2S. The van der Waals surface area contributed by atoms with Crippen molar-refractivity contribution in [3.05, 3.63) is 34.5 Å². The lowest BCUT2D eigenvalue weighted by Gasteiger charge is -2.02. The number of thioether (sulfide) groups is 1. The fraction of sp³-hybridized carbons (Fsp3) is 0.250. The fourth-order valence-electron chi connectivity index (χ4n) is 1.98. The van der Waals surface area contributed by atoms with Gasteiger partial charge in [0.15, 0.2) is 11.5 Å². The number of aromatic nitrogens is 4. The number of H-pyrrole nitrogens is 1. The number of fused-ring (bicyclic) bond motifs is 3. The molecule has 0 aliphatic rings. The summed E-state index contributed by atoms with van der Waals surface area (Å²) in [5, 5.41) is 13.9. The molecule has 0 atom stereocenters. The zero-order chi connectivity index (χ0) is 13.4. The van der Waals surface area contributed by atoms with Crippen LogP contribution in [-0.2, 0) is 6.61 Å². The monoisotopic (exact) mass is 276 g/mol. The Kier molecular flexibility index (Phi) is 3.00. The number of aliphatic hydroxyl groups excluding tert-OH is 1. The molecule has 3 rings (SSSR count). The number of hydrogen-bond donors (Lipinski definition) is 2. The zero-order valence-electron chi connectivity index (χ0n) is 10.3. The third kappa shape index (κ3) is 2.00. The van der Waals surface area contributed by atoms with Crippen LogP contribution in [0, 0.1) is 0 Å². The summed E-state index contributed by atoms with van der Waals surface area (Å²) in [5.74, 6) is 1.21. The molecule has 0 saturated carbocycles. The molecule has 0 aliphatic heterocycles. The first-order valence-electron chi connectivity index (χ1n) is 5.88. The normalized spacial score (nSPS) is 11.5. The SMILES string of the molecule is CCSc1ccc2[nH]c(=O)n3nc(CO)nc3c2c1. The molecule has 2 heterocycles. The van der Waals surface area contributed by atoms with Gasteiger partial charge < -0.3 is 10.1 Å². The molecule has 0 aliphatic carbocycles. The molecule has 6 nitrogen and oxygen atoms in total. The van der Waals surface area contributed by atoms with E-state index in [4.69, 9.17) is 5.11 Å². The minimum Gasteiger partial charge on any atom is -0.388 e. The average molecular weight is 276 g/mol. The van der Waals surface area contributed by atoms with Gasteiger partial charge in [-0.25, -0.2) is 9.78 Å². The van der Waals surface area contributed by atoms with Crippen LogP contribution in [0.3, 0.4) is 0 Å². The van der Waals surface area contributed by atoms with E-state index in [1.54, 1.807) is 11.8 Å². The quantitative estimate of drug-likeness (QED) is 0.702. The highest BCUT2D eigenvalue weighted by atomic mass is 32.2. The summed E-state index contributed by atoms with van der Waals surface area (Å²) in [6, 6.07) is 5.80. The number of aliphatic hydroxyl groups is 1. The molecule has 0 unspecified atom stereocenters. The largest absolute Gasteiger partial charge is 0.388 e. The molecule has 0 fully saturated rings. The predicted molar refractivity (Wildman–Crippen MR) is 73.4 cm³/mol. The molecule has 2 N–H and O–H groups in total. The van der Waals surface area contributed by atoms with Crippen LogP contribution in [-0.4, -0.2) is 30.4 Å². The van der Waals surface area contributed by atoms with Crippen molar-refractivity contribution < 1.29 is 5.11 Å². The van der Waals surface area contributed by atoms with Crippen LogP contribution in [0.4, 0.5) is 0 Å². The molecular weight excluding hydrogens is 264 g/mol. The first-order chi connectivity index (χ1) is 9.22. The molecule has 3 aromatic rings. The van der Waals surface area contributed by atoms with Gasteiger partial charge in [-0.1, -0.05) is 6.92 Å². The summed E-state index contributed by atoms with van der Waals surface area (Å²) in [5.41, 5.74) is 0.835. The van der Waals surface area contributed by atoms with E-state index in [0.717, 1.165) is 21.6 Å². The third-order valence-corrected chi connectivity index (χ3v) is 3.65. The molecule has 7 heteroatoms. The van der Waals surface area contributed by atoms with Crippen LogP contribution < -0.4 is 5.69 Å². The predicted octanol–water partition coefficient (Wildman–Crippen LogP) is 1.18. The molecule has 2 aromatic heterocycles. The Labute approximate surface area is 112 Å². The maximum Gasteiger partial charge on any atom is 0.348 e. The van der Waals surface area contributed by atoms with Gasteiger partial charge in [0.1, 0.15) is 6.61 Å². The highest BCUT2D eigenvalue weighted by Gasteiger charge is 2.10. The average Bonchev–Trinajstić information content (AvgIpc) is 2.85. The van der Waals surface area contributed by atoms with Crippen molar-refractivity contribution in [2.24, 2.45) is 0 Å². The highest BCUT2D eigenvalue weighted by molar-refractivity contribution is 7.99. The van der Waals surface area contributed by atoms with E-state index in [2.05, 4.69) is 22.0 Å². The van der Waals surface area contributed by atoms with Gasteiger partial charge in [-0.3, -0.25) is 0 Å². The van der Waals surface area contributed by atoms with Crippen molar-refractivity contribution >= 4 is 28.3 Å². The van der Waals surface area contributed by atoms with Crippen molar-refractivity contribution in [2.45, 2.75) is 18.4 Å². The molecule has 0 radical (unpaired) electrons. The van der Waals surface area contributed by atoms with Gasteiger partial charge in [0, 0.05) is 10.3 Å². The first-order valence-corrected chi connectivity index (χ1v) is 6.87. The van der Waals surface area contributed by atoms with Crippen molar-refractivity contribution in [3.63, 3.8) is 0 Å². The Morgan fingerprint density at radius 3 is 3.05 bits per heavy atom. The lowest BCUT2D eigenvalue weighted by atomic mass is 10.2. The Hall–Kier alpha value is -1.86. The Balaban J connectivity index is 2.37. The van der Waals surface area contributed by atoms with Gasteiger partial charge in [-0.15, -0.1) is 16.9 Å². The summed E-state index contributed by atoms with van der Waals surface area (Å²) >= 11 is 1.72. The van der Waals surface area contributed by atoms with Gasteiger partial charge >= 0.3 is 5.69 Å². The van der Waals surface area contributed by atoms with Gasteiger partial charge in [0.25, 0.3) is 0 Å². The maximum atomic E-state index is 11.9. The number of hydrogen-bond acceptors (Lipinski definition) is 5. The third-order valence-electron chi connectivity index (χ3n) is 2.77. The van der Waals surface area contributed by atoms with Crippen molar-refractivity contribution in [1.29, 1.82) is 0 Å². The summed E-state index contributed by atoms with van der Waals surface area (Å²) < 4.78 is 1.19. The van der Waals surface area contributed by atoms with Crippen LogP contribution in [0.5, 0.6) is 0 Å². The second kappa shape index (κ2) is 4.67. The Morgan fingerprint density at radius 2 is 2.32 bits per heavy atom. The summed E-state index contributed by atoms with van der Waals surface area (Å²) in [4.78, 5) is 19.9. The lowest BCUT2D eigenvalue weighted by Crippen LogP contribution is -2.17. The van der Waals surface area contributed by atoms with Crippen LogP contribution >= 0.6 is 11.8 Å². The van der Waals surface area contributed by atoms with Crippen molar-refractivity contribution in [2.75, 3.05) is 5.75 Å². The van der Waals surface area contributed by atoms with Gasteiger partial charge in [0.2, 0.25) is 0 Å². The van der Waals surface area contributed by atoms with E-state index < -0.39 is 0 Å². The van der Waals surface area contributed by atoms with Gasteiger partial charge in [0.05, 0.1) is 5.52 Å². The number of nitrogens with zero attached hydrogens (tertiary/aromatic N) is 3. The van der Waals surface area contributed by atoms with Crippen molar-refractivity contribution in [1.82, 2.24) is 19.6 Å². The lowest BCUT2D eigenvalue weighted by molar-refractivity contribution is 0.271. The minimum atomic E-state index is -0.356. The van der Waals surface area contributed by atoms with E-state index in [1.165, 1.54) is 4.52 Å². The number of aromatic amines is 1. The van der Waals surface area contributed by atoms with E-state index >= 15 is 0 Å². The van der Waals surface area contributed by atoms with Crippen LogP contribution in [0.15, 0.2) is 27.9 Å². The Morgan fingerprint density at radius 1 is 1.47 bits per heavy atom. The standard InChI is InChI=1S/C12H12N4O2S/c1-2-19-7-3-4-9-8(5-7)11-14-10(6-17)15-16(11)12(18)13-9/h3-5,17H,2,6H2,1H3,(H,13,18). The van der Waals surface area contributed by atoms with E-state index in [0.29, 0.717) is 5.65 Å². The second-order valence-electron chi connectivity index (χ2n) is 3.99. The summed E-state index contributed by atoms with van der Waals surface area (Å²) in [6.45, 7) is 1.80.